The van der Waals surface area contributed by atoms with Crippen molar-refractivity contribution in [3.8, 4) is 22.9 Å². The summed E-state index contributed by atoms with van der Waals surface area (Å²) in [6, 6.07) is 58.3. The third-order valence-corrected chi connectivity index (χ3v) is 14.4. The Hall–Kier alpha value is -7.56. The number of aromatic nitrogens is 2. The van der Waals surface area contributed by atoms with Crippen LogP contribution < -0.4 is 9.47 Å². The molecule has 4 nitrogen and oxygen atoms in total. The number of aryl methyl sites for hydroxylation is 1. The molecule has 0 radical (unpaired) electrons. The smallest absolute Gasteiger partial charge is 0.134 e. The summed E-state index contributed by atoms with van der Waals surface area (Å²) in [5.41, 5.74) is 11.4. The number of ether oxygens (including phenoxy) is 2. The van der Waals surface area contributed by atoms with Crippen molar-refractivity contribution < 1.29 is 9.47 Å². The molecule has 2 heterocycles. The van der Waals surface area contributed by atoms with Gasteiger partial charge in [-0.25, -0.2) is 0 Å². The summed E-state index contributed by atoms with van der Waals surface area (Å²) in [5.74, 6) is 1.87. The predicted molar refractivity (Wildman–Crippen MR) is 302 cm³/mol. The highest BCUT2D eigenvalue weighted by atomic mass is 16.5. The van der Waals surface area contributed by atoms with Crippen LogP contribution in [0, 0.1) is 6.92 Å². The van der Waals surface area contributed by atoms with Crippen LogP contribution in [0.15, 0.2) is 164 Å². The maximum atomic E-state index is 6.94. The molecule has 0 bridgehead atoms. The molecular weight excluding hydrogens is 853 g/mol. The molecule has 0 saturated heterocycles. The van der Waals surface area contributed by atoms with E-state index in [1.807, 2.05) is 0 Å². The van der Waals surface area contributed by atoms with Crippen LogP contribution in [0.1, 0.15) is 94.4 Å². The van der Waals surface area contributed by atoms with Crippen LogP contribution in [0.5, 0.6) is 11.5 Å². The highest BCUT2D eigenvalue weighted by Gasteiger charge is 2.22. The van der Waals surface area contributed by atoms with Crippen molar-refractivity contribution in [3.63, 3.8) is 0 Å². The summed E-state index contributed by atoms with van der Waals surface area (Å²) in [6.45, 7) is 10.2. The molecule has 348 valence electrons. The lowest BCUT2D eigenvalue weighted by molar-refractivity contribution is 0.304. The summed E-state index contributed by atoms with van der Waals surface area (Å²) in [6.07, 6.45) is 18.3. The average Bonchev–Trinajstić information content (AvgIpc) is 3.92. The van der Waals surface area contributed by atoms with Gasteiger partial charge in [0.15, 0.2) is 0 Å². The minimum absolute atomic E-state index is 0.659. The van der Waals surface area contributed by atoms with Gasteiger partial charge < -0.3 is 18.6 Å². The van der Waals surface area contributed by atoms with Crippen molar-refractivity contribution in [2.45, 2.75) is 79.1 Å². The monoisotopic (exact) mass is 914 g/mol. The zero-order chi connectivity index (χ0) is 47.6. The molecule has 2 aromatic heterocycles. The number of nitrogens with zero attached hydrogens (tertiary/aromatic N) is 2. The molecular formula is C66H62N2O2. The Morgan fingerprint density at radius 3 is 1.43 bits per heavy atom. The van der Waals surface area contributed by atoms with Gasteiger partial charge in [-0.1, -0.05) is 192 Å². The standard InChI is InChI=1S/C66H62N2O2/c1-5-8-10-20-41-69-65-45(4)31-37-54-53(65)38-34-48(66(54)70-42-21-11-9-6-2)32-33-50-44-61(67-57-29-18-16-27-55(57)63-51-25-14-12-23-46(51)35-39-59(63)67)49(22-7-3)43-62(50)68-58-30-19-17-28-56(58)64-52-26-15-13-24-47(52)36-40-60(64)68/h7,12-19,22-40,43-44H,5-6,8-11,20-21,41-42H2,1-4H3. The first-order valence-electron chi connectivity index (χ1n) is 25.7. The lowest BCUT2D eigenvalue weighted by Gasteiger charge is -2.19. The highest BCUT2D eigenvalue weighted by Crippen LogP contribution is 2.43. The van der Waals surface area contributed by atoms with Gasteiger partial charge in [-0.05, 0) is 96.3 Å². The Bertz CT molecular complexity index is 3790. The molecule has 0 spiro atoms. The third kappa shape index (κ3) is 8.09. The Morgan fingerprint density at radius 1 is 0.400 bits per heavy atom. The van der Waals surface area contributed by atoms with Crippen molar-refractivity contribution in [1.29, 1.82) is 0 Å². The molecule has 0 unspecified atom stereocenters. The molecule has 0 fully saturated rings. The first kappa shape index (κ1) is 44.9. The molecule has 9 aromatic carbocycles. The van der Waals surface area contributed by atoms with Crippen LogP contribution in [-0.2, 0) is 0 Å². The molecule has 11 rings (SSSR count). The summed E-state index contributed by atoms with van der Waals surface area (Å²) < 4.78 is 18.5. The van der Waals surface area contributed by atoms with Gasteiger partial charge in [-0.2, -0.15) is 0 Å². The van der Waals surface area contributed by atoms with E-state index in [9.17, 15) is 0 Å². The molecule has 0 amide bonds. The molecule has 0 N–H and O–H groups in total. The quantitative estimate of drug-likeness (QED) is 0.0672. The van der Waals surface area contributed by atoms with E-state index in [2.05, 4.69) is 219 Å². The lowest BCUT2D eigenvalue weighted by atomic mass is 9.99. The number of hydrogen-bond donors (Lipinski definition) is 0. The SMILES string of the molecule is CC=Cc1cc(-n2c3ccccc3c3c4ccccc4ccc32)c(C=Cc2ccc3c(OCCCCCC)c(C)ccc3c2OCCCCCC)cc1-n1c2ccccc2c2c3ccccc3ccc21. The average molecular weight is 915 g/mol. The van der Waals surface area contributed by atoms with Crippen LogP contribution in [0.25, 0.3) is 106 Å². The van der Waals surface area contributed by atoms with E-state index in [1.165, 1.54) is 97.3 Å². The number of hydrogen-bond acceptors (Lipinski definition) is 2. The first-order chi connectivity index (χ1) is 34.6. The van der Waals surface area contributed by atoms with Gasteiger partial charge in [0.2, 0.25) is 0 Å². The van der Waals surface area contributed by atoms with E-state index in [1.54, 1.807) is 0 Å². The molecule has 0 aliphatic rings. The fraction of sp³-hybridized carbons (Fsp3) is 0.212. The number of rotatable bonds is 17. The van der Waals surface area contributed by atoms with E-state index >= 15 is 0 Å². The Balaban J connectivity index is 1.16. The minimum atomic E-state index is 0.659. The largest absolute Gasteiger partial charge is 0.493 e. The van der Waals surface area contributed by atoms with Crippen LogP contribution in [0.2, 0.25) is 0 Å². The number of allylic oxidation sites excluding steroid dienone is 1. The van der Waals surface area contributed by atoms with Gasteiger partial charge in [0, 0.05) is 49.0 Å². The van der Waals surface area contributed by atoms with E-state index in [0.29, 0.717) is 13.2 Å². The van der Waals surface area contributed by atoms with Crippen LogP contribution in [0.3, 0.4) is 0 Å². The Kier molecular flexibility index (Phi) is 12.7. The molecule has 0 atom stereocenters. The van der Waals surface area contributed by atoms with E-state index in [0.717, 1.165) is 75.2 Å². The number of unbranched alkanes of at least 4 members (excludes halogenated alkanes) is 6. The summed E-state index contributed by atoms with van der Waals surface area (Å²) >= 11 is 0. The molecule has 70 heavy (non-hydrogen) atoms. The third-order valence-electron chi connectivity index (χ3n) is 14.4. The van der Waals surface area contributed by atoms with Crippen molar-refractivity contribution >= 4 is 94.2 Å². The highest BCUT2D eigenvalue weighted by molar-refractivity contribution is 6.23. The van der Waals surface area contributed by atoms with Gasteiger partial charge in [0.1, 0.15) is 11.5 Å². The maximum absolute atomic E-state index is 6.94. The van der Waals surface area contributed by atoms with E-state index in [-0.39, 0.29) is 0 Å². The topological polar surface area (TPSA) is 28.3 Å². The van der Waals surface area contributed by atoms with Crippen molar-refractivity contribution in [2.24, 2.45) is 0 Å². The van der Waals surface area contributed by atoms with Crippen molar-refractivity contribution in [3.05, 3.63) is 186 Å². The molecule has 11 aromatic rings. The number of benzene rings is 9. The van der Waals surface area contributed by atoms with Crippen LogP contribution in [0.4, 0.5) is 0 Å². The summed E-state index contributed by atoms with van der Waals surface area (Å²) in [5, 5.41) is 12.2. The fourth-order valence-electron chi connectivity index (χ4n) is 11.0. The van der Waals surface area contributed by atoms with Crippen molar-refractivity contribution in [2.75, 3.05) is 13.2 Å². The predicted octanol–water partition coefficient (Wildman–Crippen LogP) is 18.8. The van der Waals surface area contributed by atoms with Gasteiger partial charge in [0.25, 0.3) is 0 Å². The molecule has 0 aliphatic carbocycles. The van der Waals surface area contributed by atoms with Crippen LogP contribution in [-0.4, -0.2) is 22.3 Å². The second-order valence-corrected chi connectivity index (χ2v) is 19.0. The van der Waals surface area contributed by atoms with Gasteiger partial charge in [0.05, 0.1) is 46.7 Å². The van der Waals surface area contributed by atoms with Gasteiger partial charge in [-0.3, -0.25) is 0 Å². The number of para-hydroxylation sites is 2. The molecule has 0 saturated carbocycles. The Morgan fingerprint density at radius 2 is 0.871 bits per heavy atom. The zero-order valence-electron chi connectivity index (χ0n) is 41.1. The lowest BCUT2D eigenvalue weighted by Crippen LogP contribution is -2.04. The maximum Gasteiger partial charge on any atom is 0.134 e. The van der Waals surface area contributed by atoms with Crippen LogP contribution >= 0.6 is 0 Å². The first-order valence-corrected chi connectivity index (χ1v) is 25.7. The second kappa shape index (κ2) is 19.8. The summed E-state index contributed by atoms with van der Waals surface area (Å²) in [7, 11) is 0. The van der Waals surface area contributed by atoms with Crippen molar-refractivity contribution in [1.82, 2.24) is 9.13 Å². The summed E-state index contributed by atoms with van der Waals surface area (Å²) in [4.78, 5) is 0. The van der Waals surface area contributed by atoms with E-state index < -0.39 is 0 Å². The van der Waals surface area contributed by atoms with Gasteiger partial charge >= 0.3 is 0 Å². The normalized spacial score (nSPS) is 12.2. The molecule has 4 heteroatoms. The fourth-order valence-corrected chi connectivity index (χ4v) is 11.0. The Labute approximate surface area is 412 Å². The minimum Gasteiger partial charge on any atom is -0.493 e. The van der Waals surface area contributed by atoms with E-state index in [4.69, 9.17) is 9.47 Å². The zero-order valence-corrected chi connectivity index (χ0v) is 41.1. The van der Waals surface area contributed by atoms with Gasteiger partial charge in [-0.15, -0.1) is 0 Å². The second-order valence-electron chi connectivity index (χ2n) is 19.0. The number of fused-ring (bicyclic) bond motifs is 11. The molecule has 0 aliphatic heterocycles.